The second-order valence-corrected chi connectivity index (χ2v) is 6.46. The van der Waals surface area contributed by atoms with Crippen molar-refractivity contribution in [3.05, 3.63) is 35.4 Å². The fourth-order valence-corrected chi connectivity index (χ4v) is 3.01. The molecule has 1 aromatic carbocycles. The van der Waals surface area contributed by atoms with Gasteiger partial charge in [-0.3, -0.25) is 15.0 Å². The number of amides is 3. The average Bonchev–Trinajstić information content (AvgIpc) is 2.50. The van der Waals surface area contributed by atoms with E-state index >= 15 is 0 Å². The lowest BCUT2D eigenvalue weighted by molar-refractivity contribution is -0.121. The van der Waals surface area contributed by atoms with Gasteiger partial charge in [-0.25, -0.2) is 4.79 Å². The Balaban J connectivity index is 1.73. The predicted octanol–water partition coefficient (Wildman–Crippen LogP) is 2.59. The van der Waals surface area contributed by atoms with Crippen molar-refractivity contribution in [2.45, 2.75) is 51.6 Å². The van der Waals surface area contributed by atoms with Crippen molar-refractivity contribution in [3.63, 3.8) is 0 Å². The van der Waals surface area contributed by atoms with Gasteiger partial charge in [-0.15, -0.1) is 0 Å². The molecule has 2 rings (SSSR count). The number of aryl methyl sites for hydroxylation is 1. The van der Waals surface area contributed by atoms with Crippen LogP contribution >= 0.6 is 0 Å². The van der Waals surface area contributed by atoms with Crippen molar-refractivity contribution in [2.75, 3.05) is 13.6 Å². The Hall–Kier alpha value is -1.88. The molecule has 0 aliphatic heterocycles. The highest BCUT2D eigenvalue weighted by molar-refractivity contribution is 5.95. The lowest BCUT2D eigenvalue weighted by atomic mass is 9.96. The number of nitrogens with one attached hydrogen (secondary N) is 2. The molecule has 0 spiro atoms. The number of nitrogens with zero attached hydrogens (tertiary/aromatic N) is 1. The Bertz CT molecular complexity index is 539. The van der Waals surface area contributed by atoms with Gasteiger partial charge in [0.15, 0.2) is 0 Å². The van der Waals surface area contributed by atoms with Gasteiger partial charge in [-0.05, 0) is 37.9 Å². The monoisotopic (exact) mass is 317 g/mol. The number of hydrogen-bond acceptors (Lipinski definition) is 3. The molecule has 1 aliphatic carbocycles. The summed E-state index contributed by atoms with van der Waals surface area (Å²) in [4.78, 5) is 25.7. The number of urea groups is 1. The molecule has 1 fully saturated rings. The SMILES string of the molecule is Cc1ccccc1CN(C)CC(=O)NC(=O)NC1CCCCC1. The summed E-state index contributed by atoms with van der Waals surface area (Å²) in [5.41, 5.74) is 2.39. The van der Waals surface area contributed by atoms with Crippen molar-refractivity contribution in [1.29, 1.82) is 0 Å². The third-order valence-corrected chi connectivity index (χ3v) is 4.31. The third kappa shape index (κ3) is 6.02. The Morgan fingerprint density at radius 3 is 2.57 bits per heavy atom. The Kier molecular flexibility index (Phi) is 6.59. The van der Waals surface area contributed by atoms with Crippen molar-refractivity contribution in [2.24, 2.45) is 0 Å². The van der Waals surface area contributed by atoms with E-state index in [9.17, 15) is 9.59 Å². The molecule has 2 N–H and O–H groups in total. The van der Waals surface area contributed by atoms with E-state index in [4.69, 9.17) is 0 Å². The van der Waals surface area contributed by atoms with Crippen LogP contribution in [0.1, 0.15) is 43.2 Å². The fourth-order valence-electron chi connectivity index (χ4n) is 3.01. The molecule has 0 unspecified atom stereocenters. The summed E-state index contributed by atoms with van der Waals surface area (Å²) in [6, 6.07) is 7.95. The van der Waals surface area contributed by atoms with Crippen LogP contribution < -0.4 is 10.6 Å². The van der Waals surface area contributed by atoms with Gasteiger partial charge in [0, 0.05) is 12.6 Å². The number of hydrogen-bond donors (Lipinski definition) is 2. The molecule has 0 bridgehead atoms. The number of likely N-dealkylation sites (N-methyl/N-ethyl adjacent to an activating group) is 1. The van der Waals surface area contributed by atoms with Gasteiger partial charge in [-0.2, -0.15) is 0 Å². The lowest BCUT2D eigenvalue weighted by Gasteiger charge is -2.23. The van der Waals surface area contributed by atoms with E-state index in [1.807, 2.05) is 24.1 Å². The summed E-state index contributed by atoms with van der Waals surface area (Å²) in [6.07, 6.45) is 5.56. The molecule has 0 radical (unpaired) electrons. The van der Waals surface area contributed by atoms with E-state index in [0.29, 0.717) is 6.54 Å². The zero-order valence-electron chi connectivity index (χ0n) is 14.1. The molecule has 1 aliphatic rings. The Morgan fingerprint density at radius 1 is 1.17 bits per heavy atom. The Labute approximate surface area is 138 Å². The minimum Gasteiger partial charge on any atom is -0.335 e. The molecule has 126 valence electrons. The summed E-state index contributed by atoms with van der Waals surface area (Å²) in [5.74, 6) is -0.269. The summed E-state index contributed by atoms with van der Waals surface area (Å²) < 4.78 is 0. The van der Waals surface area contributed by atoms with Crippen molar-refractivity contribution in [1.82, 2.24) is 15.5 Å². The van der Waals surface area contributed by atoms with E-state index in [1.165, 1.54) is 17.5 Å². The minimum atomic E-state index is -0.369. The van der Waals surface area contributed by atoms with Crippen LogP contribution in [0.25, 0.3) is 0 Å². The van der Waals surface area contributed by atoms with Crippen molar-refractivity contribution < 1.29 is 9.59 Å². The van der Waals surface area contributed by atoms with Gasteiger partial charge in [-0.1, -0.05) is 43.5 Å². The third-order valence-electron chi connectivity index (χ3n) is 4.31. The smallest absolute Gasteiger partial charge is 0.321 e. The maximum absolute atomic E-state index is 12.0. The highest BCUT2D eigenvalue weighted by atomic mass is 16.2. The fraction of sp³-hybridized carbons (Fsp3) is 0.556. The molecular formula is C18H27N3O2. The summed E-state index contributed by atoms with van der Waals surface area (Å²) in [7, 11) is 1.88. The van der Waals surface area contributed by atoms with E-state index in [1.54, 1.807) is 0 Å². The van der Waals surface area contributed by atoms with Gasteiger partial charge in [0.1, 0.15) is 0 Å². The normalized spacial score (nSPS) is 15.4. The van der Waals surface area contributed by atoms with Crippen LogP contribution in [0.2, 0.25) is 0 Å². The van der Waals surface area contributed by atoms with Gasteiger partial charge < -0.3 is 5.32 Å². The highest BCUT2D eigenvalue weighted by Gasteiger charge is 2.17. The van der Waals surface area contributed by atoms with Gasteiger partial charge >= 0.3 is 6.03 Å². The first-order chi connectivity index (χ1) is 11.0. The molecule has 23 heavy (non-hydrogen) atoms. The Morgan fingerprint density at radius 2 is 1.87 bits per heavy atom. The van der Waals surface area contributed by atoms with Gasteiger partial charge in [0.25, 0.3) is 0 Å². The van der Waals surface area contributed by atoms with E-state index in [-0.39, 0.29) is 24.5 Å². The molecule has 1 aromatic rings. The standard InChI is InChI=1S/C18H27N3O2/c1-14-8-6-7-9-15(14)12-21(2)13-17(22)20-18(23)19-16-10-4-3-5-11-16/h6-9,16H,3-5,10-13H2,1-2H3,(H2,19,20,22,23). The molecule has 0 heterocycles. The number of carbonyl (C=O) groups excluding carboxylic acids is 2. The molecule has 1 saturated carbocycles. The van der Waals surface area contributed by atoms with E-state index < -0.39 is 0 Å². The first kappa shape index (κ1) is 17.5. The molecule has 0 saturated heterocycles. The maximum Gasteiger partial charge on any atom is 0.321 e. The second kappa shape index (κ2) is 8.67. The summed E-state index contributed by atoms with van der Waals surface area (Å²) in [6.45, 7) is 2.94. The largest absolute Gasteiger partial charge is 0.335 e. The van der Waals surface area contributed by atoms with Crippen molar-refractivity contribution in [3.8, 4) is 0 Å². The first-order valence-corrected chi connectivity index (χ1v) is 8.38. The quantitative estimate of drug-likeness (QED) is 0.877. The van der Waals surface area contributed by atoms with Crippen LogP contribution in [0.5, 0.6) is 0 Å². The van der Waals surface area contributed by atoms with Crippen molar-refractivity contribution >= 4 is 11.9 Å². The molecule has 3 amide bonds. The lowest BCUT2D eigenvalue weighted by Crippen LogP contribution is -2.47. The minimum absolute atomic E-state index is 0.201. The number of benzene rings is 1. The second-order valence-electron chi connectivity index (χ2n) is 6.46. The molecule has 5 nitrogen and oxygen atoms in total. The van der Waals surface area contributed by atoms with Gasteiger partial charge in [0.05, 0.1) is 6.54 Å². The zero-order chi connectivity index (χ0) is 16.7. The number of carbonyl (C=O) groups is 2. The van der Waals surface area contributed by atoms with Crippen LogP contribution in [-0.4, -0.2) is 36.5 Å². The molecule has 0 atom stereocenters. The average molecular weight is 317 g/mol. The molecule has 0 aromatic heterocycles. The van der Waals surface area contributed by atoms with E-state index in [0.717, 1.165) is 25.7 Å². The van der Waals surface area contributed by atoms with Crippen LogP contribution in [0.4, 0.5) is 4.79 Å². The summed E-state index contributed by atoms with van der Waals surface area (Å²) >= 11 is 0. The molecule has 5 heteroatoms. The van der Waals surface area contributed by atoms with Crippen LogP contribution in [0.3, 0.4) is 0 Å². The first-order valence-electron chi connectivity index (χ1n) is 8.38. The highest BCUT2D eigenvalue weighted by Crippen LogP contribution is 2.17. The topological polar surface area (TPSA) is 61.4 Å². The predicted molar refractivity (Wildman–Crippen MR) is 91.1 cm³/mol. The van der Waals surface area contributed by atoms with Gasteiger partial charge in [0.2, 0.25) is 5.91 Å². The summed E-state index contributed by atoms with van der Waals surface area (Å²) in [5, 5.41) is 5.32. The van der Waals surface area contributed by atoms with Crippen LogP contribution in [-0.2, 0) is 11.3 Å². The van der Waals surface area contributed by atoms with Crippen LogP contribution in [0, 0.1) is 6.92 Å². The number of rotatable bonds is 5. The maximum atomic E-state index is 12.0. The zero-order valence-corrected chi connectivity index (χ0v) is 14.1. The van der Waals surface area contributed by atoms with Crippen LogP contribution in [0.15, 0.2) is 24.3 Å². The molecular weight excluding hydrogens is 290 g/mol. The van der Waals surface area contributed by atoms with E-state index in [2.05, 4.69) is 29.7 Å². The number of imide groups is 1.